The number of aromatic nitrogens is 1. The Bertz CT molecular complexity index is 786. The van der Waals surface area contributed by atoms with E-state index in [1.807, 2.05) is 35.2 Å². The fraction of sp³-hybridized carbons (Fsp3) is 0.450. The summed E-state index contributed by atoms with van der Waals surface area (Å²) in [5, 5.41) is 3.87. The van der Waals surface area contributed by atoms with Gasteiger partial charge in [0, 0.05) is 37.1 Å². The van der Waals surface area contributed by atoms with E-state index in [0.717, 1.165) is 36.0 Å². The summed E-state index contributed by atoms with van der Waals surface area (Å²) in [6.45, 7) is 6.28. The third-order valence-corrected chi connectivity index (χ3v) is 4.63. The molecule has 1 aliphatic heterocycles. The molecule has 5 nitrogen and oxygen atoms in total. The summed E-state index contributed by atoms with van der Waals surface area (Å²) in [6.07, 6.45) is 2.39. The number of pyridine rings is 1. The number of nitrogens with one attached hydrogen (secondary N) is 1. The number of carbonyl (C=O) groups excluding carboxylic acids is 2. The molecule has 0 saturated carbocycles. The Balaban J connectivity index is 1.67. The largest absolute Gasteiger partial charge is 0.352 e. The van der Waals surface area contributed by atoms with E-state index in [9.17, 15) is 9.59 Å². The highest BCUT2D eigenvalue weighted by Gasteiger charge is 2.19. The highest BCUT2D eigenvalue weighted by molar-refractivity contribution is 6.06. The van der Waals surface area contributed by atoms with E-state index in [2.05, 4.69) is 24.1 Å². The minimum Gasteiger partial charge on any atom is -0.352 e. The Morgan fingerprint density at radius 1 is 1.32 bits per heavy atom. The van der Waals surface area contributed by atoms with E-state index in [4.69, 9.17) is 0 Å². The molecule has 3 rings (SSSR count). The third-order valence-electron chi connectivity index (χ3n) is 4.63. The van der Waals surface area contributed by atoms with Crippen LogP contribution in [0.15, 0.2) is 30.3 Å². The Hall–Kier alpha value is -2.43. The molecule has 1 N–H and O–H groups in total. The molecule has 1 aromatic carbocycles. The number of likely N-dealkylation sites (tertiary alicyclic amines) is 1. The Kier molecular flexibility index (Phi) is 5.31. The normalized spacial score (nSPS) is 14.5. The van der Waals surface area contributed by atoms with Gasteiger partial charge in [0.15, 0.2) is 0 Å². The standard InChI is InChI=1S/C20H25N3O2/c1-14(2)18-13-16(15-7-3-4-8-17(15)22-18)20(25)21-10-6-12-23-11-5-9-19(23)24/h3-4,7-8,13-14H,5-6,9-12H2,1-2H3,(H,21,25). The van der Waals surface area contributed by atoms with Crippen LogP contribution in [0.4, 0.5) is 0 Å². The van der Waals surface area contributed by atoms with Crippen LogP contribution in [0.1, 0.15) is 55.1 Å². The zero-order chi connectivity index (χ0) is 17.8. The van der Waals surface area contributed by atoms with Crippen LogP contribution >= 0.6 is 0 Å². The van der Waals surface area contributed by atoms with Crippen molar-refractivity contribution in [3.63, 3.8) is 0 Å². The summed E-state index contributed by atoms with van der Waals surface area (Å²) in [7, 11) is 0. The SMILES string of the molecule is CC(C)c1cc(C(=O)NCCCN2CCCC2=O)c2ccccc2n1. The summed E-state index contributed by atoms with van der Waals surface area (Å²) >= 11 is 0. The summed E-state index contributed by atoms with van der Waals surface area (Å²) < 4.78 is 0. The molecule has 0 aliphatic carbocycles. The van der Waals surface area contributed by atoms with Crippen molar-refractivity contribution >= 4 is 22.7 Å². The van der Waals surface area contributed by atoms with Crippen LogP contribution in [-0.2, 0) is 4.79 Å². The monoisotopic (exact) mass is 339 g/mol. The van der Waals surface area contributed by atoms with Crippen LogP contribution in [-0.4, -0.2) is 41.3 Å². The van der Waals surface area contributed by atoms with E-state index in [0.29, 0.717) is 25.1 Å². The van der Waals surface area contributed by atoms with E-state index >= 15 is 0 Å². The first kappa shape index (κ1) is 17.4. The molecule has 1 aromatic heterocycles. The first-order valence-corrected chi connectivity index (χ1v) is 9.02. The molecular weight excluding hydrogens is 314 g/mol. The molecule has 132 valence electrons. The zero-order valence-corrected chi connectivity index (χ0v) is 14.9. The van der Waals surface area contributed by atoms with Gasteiger partial charge in [-0.2, -0.15) is 0 Å². The molecule has 0 atom stereocenters. The molecule has 0 spiro atoms. The molecule has 0 radical (unpaired) electrons. The second-order valence-corrected chi connectivity index (χ2v) is 6.86. The van der Waals surface area contributed by atoms with Crippen LogP contribution < -0.4 is 5.32 Å². The summed E-state index contributed by atoms with van der Waals surface area (Å²) in [6, 6.07) is 9.64. The van der Waals surface area contributed by atoms with Gasteiger partial charge < -0.3 is 10.2 Å². The lowest BCUT2D eigenvalue weighted by atomic mass is 10.0. The number of nitrogens with zero attached hydrogens (tertiary/aromatic N) is 2. The average molecular weight is 339 g/mol. The summed E-state index contributed by atoms with van der Waals surface area (Å²) in [5.74, 6) is 0.415. The number of amides is 2. The second-order valence-electron chi connectivity index (χ2n) is 6.86. The quantitative estimate of drug-likeness (QED) is 0.823. The van der Waals surface area contributed by atoms with Crippen molar-refractivity contribution < 1.29 is 9.59 Å². The number of hydrogen-bond acceptors (Lipinski definition) is 3. The zero-order valence-electron chi connectivity index (χ0n) is 14.9. The highest BCUT2D eigenvalue weighted by atomic mass is 16.2. The van der Waals surface area contributed by atoms with Gasteiger partial charge in [0.05, 0.1) is 11.1 Å². The maximum Gasteiger partial charge on any atom is 0.252 e. The molecule has 0 unspecified atom stereocenters. The van der Waals surface area contributed by atoms with Gasteiger partial charge in [0.25, 0.3) is 5.91 Å². The first-order chi connectivity index (χ1) is 12.1. The number of hydrogen-bond donors (Lipinski definition) is 1. The van der Waals surface area contributed by atoms with Gasteiger partial charge >= 0.3 is 0 Å². The van der Waals surface area contributed by atoms with Gasteiger partial charge in [-0.05, 0) is 30.9 Å². The van der Waals surface area contributed by atoms with Gasteiger partial charge in [0.2, 0.25) is 5.91 Å². The van der Waals surface area contributed by atoms with Crippen LogP contribution in [0, 0.1) is 0 Å². The van der Waals surface area contributed by atoms with Crippen LogP contribution in [0.5, 0.6) is 0 Å². The summed E-state index contributed by atoms with van der Waals surface area (Å²) in [5.41, 5.74) is 2.44. The number of rotatable bonds is 6. The van der Waals surface area contributed by atoms with Crippen molar-refractivity contribution in [2.24, 2.45) is 0 Å². The maximum absolute atomic E-state index is 12.7. The predicted octanol–water partition coefficient (Wildman–Crippen LogP) is 3.10. The van der Waals surface area contributed by atoms with Crippen molar-refractivity contribution in [1.29, 1.82) is 0 Å². The number of carbonyl (C=O) groups is 2. The fourth-order valence-electron chi connectivity index (χ4n) is 3.19. The van der Waals surface area contributed by atoms with E-state index in [1.165, 1.54) is 0 Å². The van der Waals surface area contributed by atoms with Crippen molar-refractivity contribution in [2.75, 3.05) is 19.6 Å². The smallest absolute Gasteiger partial charge is 0.252 e. The molecule has 1 aliphatic rings. The van der Waals surface area contributed by atoms with Crippen molar-refractivity contribution in [2.45, 2.75) is 39.0 Å². The Morgan fingerprint density at radius 3 is 2.84 bits per heavy atom. The van der Waals surface area contributed by atoms with Crippen molar-refractivity contribution in [1.82, 2.24) is 15.2 Å². The van der Waals surface area contributed by atoms with Gasteiger partial charge in [0.1, 0.15) is 0 Å². The summed E-state index contributed by atoms with van der Waals surface area (Å²) in [4.78, 5) is 30.8. The lowest BCUT2D eigenvalue weighted by Crippen LogP contribution is -2.30. The minimum absolute atomic E-state index is 0.0757. The van der Waals surface area contributed by atoms with Gasteiger partial charge in [-0.15, -0.1) is 0 Å². The lowest BCUT2D eigenvalue weighted by molar-refractivity contribution is -0.127. The number of para-hydroxylation sites is 1. The van der Waals surface area contributed by atoms with Crippen molar-refractivity contribution in [3.8, 4) is 0 Å². The van der Waals surface area contributed by atoms with Crippen LogP contribution in [0.3, 0.4) is 0 Å². The topological polar surface area (TPSA) is 62.3 Å². The molecule has 2 aromatic rings. The number of fused-ring (bicyclic) bond motifs is 1. The number of benzene rings is 1. The van der Waals surface area contributed by atoms with Crippen LogP contribution in [0.2, 0.25) is 0 Å². The van der Waals surface area contributed by atoms with Crippen LogP contribution in [0.25, 0.3) is 10.9 Å². The Labute approximate surface area is 148 Å². The third kappa shape index (κ3) is 3.98. The lowest BCUT2D eigenvalue weighted by Gasteiger charge is -2.16. The van der Waals surface area contributed by atoms with E-state index in [-0.39, 0.29) is 17.7 Å². The van der Waals surface area contributed by atoms with Gasteiger partial charge in [-0.1, -0.05) is 32.0 Å². The maximum atomic E-state index is 12.7. The highest BCUT2D eigenvalue weighted by Crippen LogP contribution is 2.22. The van der Waals surface area contributed by atoms with E-state index in [1.54, 1.807) is 0 Å². The van der Waals surface area contributed by atoms with Gasteiger partial charge in [-0.3, -0.25) is 14.6 Å². The molecule has 1 saturated heterocycles. The molecule has 0 bridgehead atoms. The molecule has 1 fully saturated rings. The molecule has 2 heterocycles. The first-order valence-electron chi connectivity index (χ1n) is 9.02. The molecule has 2 amide bonds. The molecule has 25 heavy (non-hydrogen) atoms. The fourth-order valence-corrected chi connectivity index (χ4v) is 3.19. The predicted molar refractivity (Wildman–Crippen MR) is 98.6 cm³/mol. The average Bonchev–Trinajstić information content (AvgIpc) is 3.02. The van der Waals surface area contributed by atoms with Crippen molar-refractivity contribution in [3.05, 3.63) is 41.6 Å². The van der Waals surface area contributed by atoms with Gasteiger partial charge in [-0.25, -0.2) is 0 Å². The Morgan fingerprint density at radius 2 is 2.12 bits per heavy atom. The molecule has 5 heteroatoms. The molecular formula is C20H25N3O2. The minimum atomic E-state index is -0.0757. The second kappa shape index (κ2) is 7.64. The van der Waals surface area contributed by atoms with E-state index < -0.39 is 0 Å².